The number of aliphatic carboxylic acids is 1. The second-order valence-corrected chi connectivity index (χ2v) is 5.11. The molecule has 0 bridgehead atoms. The molecule has 106 valence electrons. The van der Waals surface area contributed by atoms with Gasteiger partial charge in [0, 0.05) is 25.0 Å². The lowest BCUT2D eigenvalue weighted by molar-refractivity contribution is -0.305. The van der Waals surface area contributed by atoms with Crippen LogP contribution in [0.5, 0.6) is 0 Å². The third kappa shape index (κ3) is 4.04. The fourth-order valence-corrected chi connectivity index (χ4v) is 2.35. The fraction of sp³-hybridized carbons (Fsp3) is 0.533. The minimum atomic E-state index is -0.995. The van der Waals surface area contributed by atoms with E-state index in [1.165, 1.54) is 6.92 Å². The molecule has 0 radical (unpaired) electrons. The first kappa shape index (κ1) is 15.7. The molecule has 0 spiro atoms. The molecule has 1 fully saturated rings. The summed E-state index contributed by atoms with van der Waals surface area (Å²) in [6.45, 7) is 5.34. The molecule has 1 aliphatic rings. The van der Waals surface area contributed by atoms with Gasteiger partial charge in [-0.05, 0) is 19.0 Å². The van der Waals surface area contributed by atoms with E-state index in [1.54, 1.807) is 0 Å². The van der Waals surface area contributed by atoms with Crippen LogP contribution in [-0.4, -0.2) is 36.1 Å². The Labute approximate surface area is 114 Å². The predicted molar refractivity (Wildman–Crippen MR) is 72.3 cm³/mol. The van der Waals surface area contributed by atoms with Crippen molar-refractivity contribution in [1.82, 2.24) is 4.90 Å². The number of nitrogens with zero attached hydrogens (tertiary/aromatic N) is 1. The number of β-amino-alcohol motifs (C(OH)–C–C–N with tert-alkyl or cyclic N) is 1. The first-order chi connectivity index (χ1) is 8.90. The monoisotopic (exact) mass is 264 g/mol. The van der Waals surface area contributed by atoms with Crippen molar-refractivity contribution >= 4 is 5.97 Å². The van der Waals surface area contributed by atoms with Gasteiger partial charge < -0.3 is 19.9 Å². The second-order valence-electron chi connectivity index (χ2n) is 5.11. The van der Waals surface area contributed by atoms with Gasteiger partial charge in [-0.1, -0.05) is 44.2 Å². The van der Waals surface area contributed by atoms with E-state index in [0.29, 0.717) is 5.92 Å². The number of carboxylic acid groups (broad SMARTS) is 1. The van der Waals surface area contributed by atoms with Gasteiger partial charge in [-0.15, -0.1) is 0 Å². The first-order valence-corrected chi connectivity index (χ1v) is 6.56. The van der Waals surface area contributed by atoms with E-state index in [0.717, 1.165) is 18.7 Å². The van der Waals surface area contributed by atoms with Gasteiger partial charge in [0.2, 0.25) is 0 Å². The predicted octanol–water partition coefficient (Wildman–Crippen LogP) is 0.602. The van der Waals surface area contributed by atoms with Crippen LogP contribution in [-0.2, 0) is 10.4 Å². The number of rotatable bonds is 2. The Morgan fingerprint density at radius 2 is 2.00 bits per heavy atom. The molecule has 2 rings (SSSR count). The maximum Gasteiger partial charge on any atom is 0.106 e. The molecule has 1 N–H and O–H groups in total. The molecule has 1 saturated heterocycles. The number of benzene rings is 1. The van der Waals surface area contributed by atoms with Crippen LogP contribution in [0.4, 0.5) is 0 Å². The highest BCUT2D eigenvalue weighted by atomic mass is 16.4. The minimum absolute atomic E-state index is 0.111. The van der Waals surface area contributed by atoms with E-state index in [2.05, 4.69) is 18.9 Å². The SMILES string of the molecule is CC1CN(C)CC1(O)c1ccccc1.CCC(=O)[O-]. The molecule has 2 unspecified atom stereocenters. The Hall–Kier alpha value is -1.39. The Morgan fingerprint density at radius 1 is 1.47 bits per heavy atom. The second kappa shape index (κ2) is 6.68. The van der Waals surface area contributed by atoms with E-state index in [-0.39, 0.29) is 6.42 Å². The molecule has 1 heterocycles. The third-order valence-electron chi connectivity index (χ3n) is 3.47. The van der Waals surface area contributed by atoms with Crippen molar-refractivity contribution in [3.05, 3.63) is 35.9 Å². The van der Waals surface area contributed by atoms with Crippen LogP contribution in [0, 0.1) is 5.92 Å². The Bertz CT molecular complexity index is 407. The van der Waals surface area contributed by atoms with Crippen LogP contribution < -0.4 is 5.11 Å². The summed E-state index contributed by atoms with van der Waals surface area (Å²) in [6.07, 6.45) is 0.111. The van der Waals surface area contributed by atoms with Gasteiger partial charge in [-0.25, -0.2) is 0 Å². The van der Waals surface area contributed by atoms with Gasteiger partial charge in [-0.3, -0.25) is 0 Å². The summed E-state index contributed by atoms with van der Waals surface area (Å²) >= 11 is 0. The Kier molecular flexibility index (Phi) is 5.51. The number of likely N-dealkylation sites (N-methyl/N-ethyl adjacent to an activating group) is 1. The topological polar surface area (TPSA) is 63.6 Å². The van der Waals surface area contributed by atoms with Crippen molar-refractivity contribution in [2.24, 2.45) is 5.92 Å². The summed E-state index contributed by atoms with van der Waals surface area (Å²) in [7, 11) is 2.05. The smallest absolute Gasteiger partial charge is 0.106 e. The summed E-state index contributed by atoms with van der Waals surface area (Å²) < 4.78 is 0. The maximum absolute atomic E-state index is 10.6. The van der Waals surface area contributed by atoms with Crippen molar-refractivity contribution < 1.29 is 15.0 Å². The van der Waals surface area contributed by atoms with Gasteiger partial charge in [0.1, 0.15) is 5.60 Å². The zero-order chi connectivity index (χ0) is 14.5. The maximum atomic E-state index is 10.6. The fourth-order valence-electron chi connectivity index (χ4n) is 2.35. The molecule has 4 heteroatoms. The molecular formula is C15H22NO3-. The van der Waals surface area contributed by atoms with Crippen molar-refractivity contribution in [3.63, 3.8) is 0 Å². The van der Waals surface area contributed by atoms with E-state index in [9.17, 15) is 15.0 Å². The highest BCUT2D eigenvalue weighted by Crippen LogP contribution is 2.35. The van der Waals surface area contributed by atoms with Crippen LogP contribution in [0.2, 0.25) is 0 Å². The minimum Gasteiger partial charge on any atom is -0.550 e. The van der Waals surface area contributed by atoms with Gasteiger partial charge >= 0.3 is 0 Å². The standard InChI is InChI=1S/C12H17NO.C3H6O2/c1-10-8-13(2)9-12(10,14)11-6-4-3-5-7-11;1-2-3(4)5/h3-7,10,14H,8-9H2,1-2H3;2H2,1H3,(H,4,5)/p-1. The van der Waals surface area contributed by atoms with E-state index < -0.39 is 11.6 Å². The van der Waals surface area contributed by atoms with Gasteiger partial charge in [0.25, 0.3) is 0 Å². The van der Waals surface area contributed by atoms with Gasteiger partial charge in [0.05, 0.1) is 0 Å². The molecule has 0 aliphatic carbocycles. The highest BCUT2D eigenvalue weighted by molar-refractivity contribution is 5.63. The van der Waals surface area contributed by atoms with E-state index in [4.69, 9.17) is 0 Å². The number of carbonyl (C=O) groups is 1. The van der Waals surface area contributed by atoms with Crippen LogP contribution in [0.15, 0.2) is 30.3 Å². The van der Waals surface area contributed by atoms with Crippen LogP contribution in [0.25, 0.3) is 0 Å². The molecule has 0 saturated carbocycles. The molecule has 2 atom stereocenters. The molecule has 1 aromatic rings. The normalized spacial score (nSPS) is 26.6. The quantitative estimate of drug-likeness (QED) is 0.849. The van der Waals surface area contributed by atoms with Crippen LogP contribution in [0.1, 0.15) is 25.8 Å². The summed E-state index contributed by atoms with van der Waals surface area (Å²) in [5, 5.41) is 19.8. The first-order valence-electron chi connectivity index (χ1n) is 6.56. The average molecular weight is 264 g/mol. The van der Waals surface area contributed by atoms with Crippen LogP contribution in [0.3, 0.4) is 0 Å². The lowest BCUT2D eigenvalue weighted by Gasteiger charge is -2.27. The van der Waals surface area contributed by atoms with Crippen molar-refractivity contribution in [2.45, 2.75) is 25.9 Å². The number of hydrogen-bond donors (Lipinski definition) is 1. The van der Waals surface area contributed by atoms with Crippen molar-refractivity contribution in [2.75, 3.05) is 20.1 Å². The highest BCUT2D eigenvalue weighted by Gasteiger charge is 2.42. The van der Waals surface area contributed by atoms with E-state index in [1.807, 2.05) is 30.3 Å². The summed E-state index contributed by atoms with van der Waals surface area (Å²) in [6, 6.07) is 9.97. The van der Waals surface area contributed by atoms with E-state index >= 15 is 0 Å². The Morgan fingerprint density at radius 3 is 2.37 bits per heavy atom. The molecule has 1 aromatic carbocycles. The number of carbonyl (C=O) groups excluding carboxylic acids is 1. The molecule has 0 amide bonds. The molecule has 19 heavy (non-hydrogen) atoms. The Balaban J connectivity index is 0.000000312. The molecule has 4 nitrogen and oxygen atoms in total. The lowest BCUT2D eigenvalue weighted by Crippen LogP contribution is -2.33. The summed E-state index contributed by atoms with van der Waals surface area (Å²) in [5.74, 6) is -0.695. The average Bonchev–Trinajstić information content (AvgIpc) is 2.66. The zero-order valence-electron chi connectivity index (χ0n) is 11.8. The third-order valence-corrected chi connectivity index (χ3v) is 3.47. The molecular weight excluding hydrogens is 242 g/mol. The summed E-state index contributed by atoms with van der Waals surface area (Å²) in [4.78, 5) is 11.4. The van der Waals surface area contributed by atoms with Crippen molar-refractivity contribution in [1.29, 1.82) is 0 Å². The summed E-state index contributed by atoms with van der Waals surface area (Å²) in [5.41, 5.74) is 0.382. The van der Waals surface area contributed by atoms with Gasteiger partial charge in [-0.2, -0.15) is 0 Å². The van der Waals surface area contributed by atoms with Gasteiger partial charge in [0.15, 0.2) is 0 Å². The number of hydrogen-bond acceptors (Lipinski definition) is 4. The zero-order valence-corrected chi connectivity index (χ0v) is 11.8. The van der Waals surface area contributed by atoms with Crippen LogP contribution >= 0.6 is 0 Å². The number of aliphatic hydroxyl groups is 1. The molecule has 1 aliphatic heterocycles. The largest absolute Gasteiger partial charge is 0.550 e. The van der Waals surface area contributed by atoms with Crippen molar-refractivity contribution in [3.8, 4) is 0 Å². The molecule has 0 aromatic heterocycles. The number of likely N-dealkylation sites (tertiary alicyclic amines) is 1. The lowest BCUT2D eigenvalue weighted by atomic mass is 9.85. The number of carboxylic acids is 1.